The lowest BCUT2D eigenvalue weighted by molar-refractivity contribution is 0.0536. The van der Waals surface area contributed by atoms with Crippen molar-refractivity contribution in [3.05, 3.63) is 35.4 Å². The quantitative estimate of drug-likeness (QED) is 0.569. The Balaban J connectivity index is 3.14. The van der Waals surface area contributed by atoms with E-state index >= 15 is 0 Å². The summed E-state index contributed by atoms with van der Waals surface area (Å²) < 4.78 is 25.3. The molecule has 1 aromatic carbocycles. The number of alkyl halides is 3. The first-order chi connectivity index (χ1) is 7.12. The molecule has 0 aromatic heterocycles. The first-order valence-electron chi connectivity index (χ1n) is 4.84. The second-order valence-corrected chi connectivity index (χ2v) is 5.13. The normalized spacial score (nSPS) is 12.6. The highest BCUT2D eigenvalue weighted by Crippen LogP contribution is 2.27. The third-order valence-corrected chi connectivity index (χ3v) is 2.42. The van der Waals surface area contributed by atoms with Crippen molar-refractivity contribution in [1.82, 2.24) is 0 Å². The Labute approximate surface area is 98.4 Å². The van der Waals surface area contributed by atoms with E-state index < -0.39 is 11.2 Å². The maximum Gasteiger partial charge on any atom is 0.384 e. The molecule has 0 radical (unpaired) electrons. The Morgan fingerprint density at radius 1 is 1.25 bits per heavy atom. The van der Waals surface area contributed by atoms with E-state index in [2.05, 4.69) is 0 Å². The van der Waals surface area contributed by atoms with E-state index in [1.54, 1.807) is 12.1 Å². The predicted octanol–water partition coefficient (Wildman–Crippen LogP) is 4.00. The molecule has 0 heterocycles. The number of Topliss-reactive ketones (excluding diaryl/α,β-unsaturated/α-hetero) is 1. The van der Waals surface area contributed by atoms with Gasteiger partial charge in [0.25, 0.3) is 0 Å². The molecule has 0 aliphatic rings. The van der Waals surface area contributed by atoms with Crippen LogP contribution in [0.15, 0.2) is 24.3 Å². The molecule has 0 bridgehead atoms. The topological polar surface area (TPSA) is 17.1 Å². The van der Waals surface area contributed by atoms with Crippen LogP contribution < -0.4 is 0 Å². The van der Waals surface area contributed by atoms with E-state index in [4.69, 9.17) is 11.6 Å². The number of benzene rings is 1. The summed E-state index contributed by atoms with van der Waals surface area (Å²) in [5.41, 5.74) is 0.560. The summed E-state index contributed by atoms with van der Waals surface area (Å²) in [5.74, 6) is -1.36. The lowest BCUT2D eigenvalue weighted by atomic mass is 9.86. The summed E-state index contributed by atoms with van der Waals surface area (Å²) in [4.78, 5) is 11.3. The summed E-state index contributed by atoms with van der Waals surface area (Å²) in [6, 6.07) is 6.17. The van der Waals surface area contributed by atoms with Gasteiger partial charge in [-0.25, -0.2) is 0 Å². The summed E-state index contributed by atoms with van der Waals surface area (Å²) in [7, 11) is 0. The third-order valence-electron chi connectivity index (χ3n) is 2.25. The van der Waals surface area contributed by atoms with Crippen LogP contribution in [0, 0.1) is 0 Å². The van der Waals surface area contributed by atoms with Crippen molar-refractivity contribution in [3.8, 4) is 0 Å². The molecule has 0 N–H and O–H groups in total. The Hall–Kier alpha value is -0.960. The fourth-order valence-corrected chi connectivity index (χ4v) is 1.40. The van der Waals surface area contributed by atoms with Gasteiger partial charge < -0.3 is 0 Å². The molecular formula is C12H13ClF2O. The molecular weight excluding hydrogens is 234 g/mol. The van der Waals surface area contributed by atoms with Gasteiger partial charge in [0.15, 0.2) is 0 Å². The van der Waals surface area contributed by atoms with Crippen LogP contribution in [0.1, 0.15) is 36.7 Å². The lowest BCUT2D eigenvalue weighted by Gasteiger charge is -2.19. The zero-order chi connectivity index (χ0) is 12.6. The van der Waals surface area contributed by atoms with Gasteiger partial charge in [-0.05, 0) is 28.6 Å². The van der Waals surface area contributed by atoms with Gasteiger partial charge in [-0.15, -0.1) is 0 Å². The van der Waals surface area contributed by atoms with Crippen LogP contribution in [0.5, 0.6) is 0 Å². The number of ketones is 1. The maximum absolute atomic E-state index is 12.6. The summed E-state index contributed by atoms with van der Waals surface area (Å²) in [6.45, 7) is 5.82. The Kier molecular flexibility index (Phi) is 3.38. The number of hydrogen-bond acceptors (Lipinski definition) is 1. The first-order valence-corrected chi connectivity index (χ1v) is 5.22. The second-order valence-electron chi connectivity index (χ2n) is 4.66. The van der Waals surface area contributed by atoms with Crippen LogP contribution in [0.2, 0.25) is 0 Å². The van der Waals surface area contributed by atoms with E-state index in [0.29, 0.717) is 0 Å². The van der Waals surface area contributed by atoms with E-state index in [-0.39, 0.29) is 11.0 Å². The summed E-state index contributed by atoms with van der Waals surface area (Å²) in [6.07, 6.45) is 0. The minimum Gasteiger partial charge on any atom is -0.286 e. The number of carbonyl (C=O) groups excluding carboxylic acids is 1. The molecule has 0 saturated carbocycles. The molecule has 0 unspecified atom stereocenters. The van der Waals surface area contributed by atoms with Crippen LogP contribution in [0.4, 0.5) is 8.78 Å². The largest absolute Gasteiger partial charge is 0.384 e. The fraction of sp³-hybridized carbons (Fsp3) is 0.417. The number of rotatable bonds is 2. The van der Waals surface area contributed by atoms with Gasteiger partial charge in [0.2, 0.25) is 5.78 Å². The molecule has 4 heteroatoms. The van der Waals surface area contributed by atoms with Gasteiger partial charge in [0.1, 0.15) is 0 Å². The highest BCUT2D eigenvalue weighted by atomic mass is 35.5. The Bertz CT molecular complexity index is 402. The standard InChI is InChI=1S/C12H13ClF2O/c1-11(2,3)9-6-4-5-8(7-9)10(16)12(13,14)15/h4-7H,1-3H3. The molecule has 88 valence electrons. The zero-order valence-corrected chi connectivity index (χ0v) is 10.1. The first kappa shape index (κ1) is 13.1. The zero-order valence-electron chi connectivity index (χ0n) is 9.35. The van der Waals surface area contributed by atoms with Crippen molar-refractivity contribution in [2.75, 3.05) is 0 Å². The Morgan fingerprint density at radius 2 is 1.81 bits per heavy atom. The van der Waals surface area contributed by atoms with Gasteiger partial charge in [0, 0.05) is 5.56 Å². The third kappa shape index (κ3) is 3.01. The van der Waals surface area contributed by atoms with E-state index in [9.17, 15) is 13.6 Å². The van der Waals surface area contributed by atoms with Crippen molar-refractivity contribution >= 4 is 17.4 Å². The smallest absolute Gasteiger partial charge is 0.286 e. The molecule has 0 atom stereocenters. The molecule has 0 fully saturated rings. The van der Waals surface area contributed by atoms with Gasteiger partial charge >= 0.3 is 5.38 Å². The lowest BCUT2D eigenvalue weighted by Crippen LogP contribution is -2.22. The number of halogens is 3. The van der Waals surface area contributed by atoms with Crippen LogP contribution in [0.25, 0.3) is 0 Å². The SMILES string of the molecule is CC(C)(C)c1cccc(C(=O)C(F)(F)Cl)c1. The van der Waals surface area contributed by atoms with Crippen molar-refractivity contribution in [2.24, 2.45) is 0 Å². The number of hydrogen-bond donors (Lipinski definition) is 0. The molecule has 1 aromatic rings. The second kappa shape index (κ2) is 4.13. The summed E-state index contributed by atoms with van der Waals surface area (Å²) >= 11 is 4.70. The van der Waals surface area contributed by atoms with Crippen LogP contribution in [-0.4, -0.2) is 11.2 Å². The average molecular weight is 247 g/mol. The van der Waals surface area contributed by atoms with E-state index in [1.807, 2.05) is 20.8 Å². The van der Waals surface area contributed by atoms with Crippen LogP contribution >= 0.6 is 11.6 Å². The van der Waals surface area contributed by atoms with Crippen molar-refractivity contribution < 1.29 is 13.6 Å². The molecule has 0 saturated heterocycles. The van der Waals surface area contributed by atoms with Gasteiger partial charge in [-0.2, -0.15) is 8.78 Å². The fourth-order valence-electron chi connectivity index (χ4n) is 1.29. The monoisotopic (exact) mass is 246 g/mol. The maximum atomic E-state index is 12.6. The highest BCUT2D eigenvalue weighted by Gasteiger charge is 2.36. The van der Waals surface area contributed by atoms with Crippen molar-refractivity contribution in [1.29, 1.82) is 0 Å². The van der Waals surface area contributed by atoms with E-state index in [1.165, 1.54) is 12.1 Å². The van der Waals surface area contributed by atoms with Crippen LogP contribution in [0.3, 0.4) is 0 Å². The molecule has 1 nitrogen and oxygen atoms in total. The van der Waals surface area contributed by atoms with Crippen molar-refractivity contribution in [2.45, 2.75) is 31.6 Å². The highest BCUT2D eigenvalue weighted by molar-refractivity contribution is 6.35. The minimum absolute atomic E-state index is 0.0626. The summed E-state index contributed by atoms with van der Waals surface area (Å²) in [5, 5.41) is -3.84. The van der Waals surface area contributed by atoms with Gasteiger partial charge in [-0.1, -0.05) is 39.0 Å². The van der Waals surface area contributed by atoms with Gasteiger partial charge in [0.05, 0.1) is 0 Å². The number of carbonyl (C=O) groups is 1. The predicted molar refractivity (Wildman–Crippen MR) is 60.3 cm³/mol. The minimum atomic E-state index is -3.84. The van der Waals surface area contributed by atoms with Crippen LogP contribution in [-0.2, 0) is 5.41 Å². The molecule has 1 rings (SSSR count). The molecule has 16 heavy (non-hydrogen) atoms. The van der Waals surface area contributed by atoms with E-state index in [0.717, 1.165) is 5.56 Å². The molecule has 0 aliphatic carbocycles. The molecule has 0 amide bonds. The molecule has 0 aliphatic heterocycles. The van der Waals surface area contributed by atoms with Crippen molar-refractivity contribution in [3.63, 3.8) is 0 Å². The Morgan fingerprint density at radius 3 is 2.25 bits per heavy atom. The average Bonchev–Trinajstić information content (AvgIpc) is 2.14. The van der Waals surface area contributed by atoms with Gasteiger partial charge in [-0.3, -0.25) is 4.79 Å². The molecule has 0 spiro atoms.